The van der Waals surface area contributed by atoms with E-state index in [0.717, 1.165) is 12.1 Å². The number of benzene rings is 2. The number of carbonyl (C=O) groups is 1. The Morgan fingerprint density at radius 2 is 1.75 bits per heavy atom. The Bertz CT molecular complexity index is 998. The SMILES string of the molecule is O=C(Nn1cnc2ccccc21)c1ccc(S(=O)(=O)C(F)F)cc1. The first-order valence-electron chi connectivity index (χ1n) is 6.75. The van der Waals surface area contributed by atoms with Crippen molar-refractivity contribution >= 4 is 26.8 Å². The molecule has 0 aliphatic heterocycles. The number of carbonyl (C=O) groups excluding carboxylic acids is 1. The molecule has 6 nitrogen and oxygen atoms in total. The van der Waals surface area contributed by atoms with Crippen LogP contribution in [0.25, 0.3) is 11.0 Å². The maximum Gasteiger partial charge on any atom is 0.341 e. The summed E-state index contributed by atoms with van der Waals surface area (Å²) in [6.45, 7) is 0. The molecule has 0 unspecified atom stereocenters. The average Bonchev–Trinajstić information content (AvgIpc) is 2.98. The van der Waals surface area contributed by atoms with Crippen LogP contribution in [0.4, 0.5) is 8.78 Å². The topological polar surface area (TPSA) is 81.1 Å². The van der Waals surface area contributed by atoms with Crippen LogP contribution >= 0.6 is 0 Å². The molecule has 124 valence electrons. The molecule has 0 atom stereocenters. The number of hydrogen-bond donors (Lipinski definition) is 1. The molecule has 1 N–H and O–H groups in total. The van der Waals surface area contributed by atoms with Crippen LogP contribution in [0.3, 0.4) is 0 Å². The van der Waals surface area contributed by atoms with E-state index in [-0.39, 0.29) is 5.56 Å². The molecule has 2 aromatic carbocycles. The van der Waals surface area contributed by atoms with Gasteiger partial charge in [0.05, 0.1) is 15.9 Å². The number of hydrogen-bond acceptors (Lipinski definition) is 4. The lowest BCUT2D eigenvalue weighted by molar-refractivity contribution is 0.101. The number of alkyl halides is 2. The smallest absolute Gasteiger partial charge is 0.267 e. The van der Waals surface area contributed by atoms with Crippen molar-refractivity contribution in [3.05, 3.63) is 60.4 Å². The van der Waals surface area contributed by atoms with Gasteiger partial charge in [-0.25, -0.2) is 18.1 Å². The van der Waals surface area contributed by atoms with Crippen molar-refractivity contribution in [1.29, 1.82) is 0 Å². The van der Waals surface area contributed by atoms with Crippen LogP contribution < -0.4 is 5.43 Å². The summed E-state index contributed by atoms with van der Waals surface area (Å²) >= 11 is 0. The Morgan fingerprint density at radius 1 is 1.08 bits per heavy atom. The number of halogens is 2. The second kappa shape index (κ2) is 6.00. The van der Waals surface area contributed by atoms with Crippen molar-refractivity contribution in [2.24, 2.45) is 0 Å². The van der Waals surface area contributed by atoms with E-state index in [0.29, 0.717) is 11.0 Å². The summed E-state index contributed by atoms with van der Waals surface area (Å²) in [6.07, 6.45) is 1.43. The van der Waals surface area contributed by atoms with Gasteiger partial charge in [-0.1, -0.05) is 12.1 Å². The van der Waals surface area contributed by atoms with Crippen molar-refractivity contribution < 1.29 is 22.0 Å². The van der Waals surface area contributed by atoms with Crippen molar-refractivity contribution in [2.45, 2.75) is 10.7 Å². The molecule has 9 heteroatoms. The number of fused-ring (bicyclic) bond motifs is 1. The first-order valence-corrected chi connectivity index (χ1v) is 8.30. The molecule has 1 amide bonds. The summed E-state index contributed by atoms with van der Waals surface area (Å²) in [5.41, 5.74) is 4.08. The van der Waals surface area contributed by atoms with Gasteiger partial charge in [0, 0.05) is 5.56 Å². The van der Waals surface area contributed by atoms with Crippen molar-refractivity contribution in [1.82, 2.24) is 9.66 Å². The van der Waals surface area contributed by atoms with Gasteiger partial charge in [0.1, 0.15) is 6.33 Å². The summed E-state index contributed by atoms with van der Waals surface area (Å²) in [7, 11) is -4.68. The lowest BCUT2D eigenvalue weighted by atomic mass is 10.2. The highest BCUT2D eigenvalue weighted by Gasteiger charge is 2.26. The highest BCUT2D eigenvalue weighted by molar-refractivity contribution is 7.91. The molecule has 3 aromatic rings. The van der Waals surface area contributed by atoms with Gasteiger partial charge in [0.25, 0.3) is 5.91 Å². The number of amides is 1. The first-order chi connectivity index (χ1) is 11.4. The fraction of sp³-hybridized carbons (Fsp3) is 0.0667. The van der Waals surface area contributed by atoms with E-state index in [4.69, 9.17) is 0 Å². The number of rotatable bonds is 4. The molecule has 0 saturated heterocycles. The second-order valence-corrected chi connectivity index (χ2v) is 6.79. The largest absolute Gasteiger partial charge is 0.341 e. The molecule has 0 aliphatic rings. The zero-order chi connectivity index (χ0) is 17.3. The van der Waals surface area contributed by atoms with Crippen molar-refractivity contribution in [3.8, 4) is 0 Å². The fourth-order valence-electron chi connectivity index (χ4n) is 2.12. The third kappa shape index (κ3) is 2.85. The van der Waals surface area contributed by atoms with E-state index in [1.807, 2.05) is 6.07 Å². The van der Waals surface area contributed by atoms with Gasteiger partial charge in [0.15, 0.2) is 0 Å². The van der Waals surface area contributed by atoms with Crippen LogP contribution in [0.2, 0.25) is 0 Å². The van der Waals surface area contributed by atoms with Crippen LogP contribution in [0.15, 0.2) is 59.8 Å². The highest BCUT2D eigenvalue weighted by Crippen LogP contribution is 2.19. The van der Waals surface area contributed by atoms with Gasteiger partial charge in [-0.2, -0.15) is 8.78 Å². The molecule has 1 aromatic heterocycles. The predicted molar refractivity (Wildman–Crippen MR) is 83.1 cm³/mol. The van der Waals surface area contributed by atoms with Gasteiger partial charge in [0.2, 0.25) is 9.84 Å². The predicted octanol–water partition coefficient (Wildman–Crippen LogP) is 2.42. The molecule has 0 aliphatic carbocycles. The van der Waals surface area contributed by atoms with Gasteiger partial charge in [-0.05, 0) is 36.4 Å². The van der Waals surface area contributed by atoms with Crippen LogP contribution in [0, 0.1) is 0 Å². The van der Waals surface area contributed by atoms with Crippen LogP contribution in [-0.2, 0) is 9.84 Å². The third-order valence-electron chi connectivity index (χ3n) is 3.36. The summed E-state index contributed by atoms with van der Waals surface area (Å²) in [4.78, 5) is 15.8. The van der Waals surface area contributed by atoms with E-state index in [1.54, 1.807) is 18.2 Å². The fourth-order valence-corrected chi connectivity index (χ4v) is 2.84. The monoisotopic (exact) mass is 351 g/mol. The minimum absolute atomic E-state index is 0.126. The quantitative estimate of drug-likeness (QED) is 0.783. The second-order valence-electron chi connectivity index (χ2n) is 4.87. The zero-order valence-electron chi connectivity index (χ0n) is 12.1. The Balaban J connectivity index is 1.83. The molecule has 1 heterocycles. The number of aromatic nitrogens is 2. The van der Waals surface area contributed by atoms with Gasteiger partial charge in [-0.15, -0.1) is 0 Å². The Hall–Kier alpha value is -2.81. The van der Waals surface area contributed by atoms with Crippen LogP contribution in [0.5, 0.6) is 0 Å². The van der Waals surface area contributed by atoms with E-state index < -0.39 is 26.4 Å². The Morgan fingerprint density at radius 3 is 2.42 bits per heavy atom. The number of para-hydroxylation sites is 2. The summed E-state index contributed by atoms with van der Waals surface area (Å²) in [5.74, 6) is -4.03. The summed E-state index contributed by atoms with van der Waals surface area (Å²) < 4.78 is 49.1. The average molecular weight is 351 g/mol. The minimum Gasteiger partial charge on any atom is -0.267 e. The standard InChI is InChI=1S/C15H11F2N3O3S/c16-15(17)24(22,23)11-7-5-10(6-8-11)14(21)19-20-9-18-12-3-1-2-4-13(12)20/h1-9,15H,(H,19,21). The molecule has 0 radical (unpaired) electrons. The number of sulfone groups is 1. The van der Waals surface area contributed by atoms with Crippen LogP contribution in [-0.4, -0.2) is 29.7 Å². The minimum atomic E-state index is -4.68. The van der Waals surface area contributed by atoms with Crippen molar-refractivity contribution in [2.75, 3.05) is 5.43 Å². The summed E-state index contributed by atoms with van der Waals surface area (Å²) in [5, 5.41) is 0. The lowest BCUT2D eigenvalue weighted by Gasteiger charge is -2.08. The number of nitrogens with zero attached hydrogens (tertiary/aromatic N) is 2. The van der Waals surface area contributed by atoms with Crippen LogP contribution in [0.1, 0.15) is 10.4 Å². The highest BCUT2D eigenvalue weighted by atomic mass is 32.2. The Labute approximate surface area is 135 Å². The van der Waals surface area contributed by atoms with E-state index in [2.05, 4.69) is 10.4 Å². The third-order valence-corrected chi connectivity index (χ3v) is 4.75. The molecule has 0 spiro atoms. The summed E-state index contributed by atoms with van der Waals surface area (Å²) in [6, 6.07) is 11.4. The van der Waals surface area contributed by atoms with E-state index in [1.165, 1.54) is 23.1 Å². The lowest BCUT2D eigenvalue weighted by Crippen LogP contribution is -2.22. The van der Waals surface area contributed by atoms with E-state index in [9.17, 15) is 22.0 Å². The number of nitrogens with one attached hydrogen (secondary N) is 1. The first kappa shape index (κ1) is 16.1. The van der Waals surface area contributed by atoms with Gasteiger partial charge < -0.3 is 0 Å². The van der Waals surface area contributed by atoms with Gasteiger partial charge >= 0.3 is 5.76 Å². The maximum absolute atomic E-state index is 12.5. The number of imidazole rings is 1. The molecule has 24 heavy (non-hydrogen) atoms. The molecular formula is C15H11F2N3O3S. The van der Waals surface area contributed by atoms with E-state index >= 15 is 0 Å². The molecule has 0 saturated carbocycles. The van der Waals surface area contributed by atoms with Crippen molar-refractivity contribution in [3.63, 3.8) is 0 Å². The molecule has 3 rings (SSSR count). The molecule has 0 fully saturated rings. The normalized spacial score (nSPS) is 11.8. The molecular weight excluding hydrogens is 340 g/mol. The van der Waals surface area contributed by atoms with Gasteiger partial charge in [-0.3, -0.25) is 10.2 Å². The zero-order valence-corrected chi connectivity index (χ0v) is 12.9. The molecule has 0 bridgehead atoms. The Kier molecular flexibility index (Phi) is 4.02. The maximum atomic E-state index is 12.5.